The molecule has 14 heavy (non-hydrogen) atoms. The predicted octanol–water partition coefficient (Wildman–Crippen LogP) is 0.641. The molecule has 0 aromatic rings. The predicted molar refractivity (Wildman–Crippen MR) is 62.5 cm³/mol. The fourth-order valence-corrected chi connectivity index (χ4v) is 1.08. The quantitative estimate of drug-likeness (QED) is 0.376. The molecule has 0 spiro atoms. The van der Waals surface area contributed by atoms with Crippen LogP contribution in [0.4, 0.5) is 0 Å². The average Bonchev–Trinajstić information content (AvgIpc) is 2.01. The van der Waals surface area contributed by atoms with Gasteiger partial charge < -0.3 is 16.0 Å². The highest BCUT2D eigenvalue weighted by molar-refractivity contribution is 5.77. The summed E-state index contributed by atoms with van der Waals surface area (Å²) in [7, 11) is 4.16. The molecule has 0 heterocycles. The van der Waals surface area contributed by atoms with E-state index in [-0.39, 0.29) is 0 Å². The van der Waals surface area contributed by atoms with Gasteiger partial charge in [0.25, 0.3) is 0 Å². The van der Waals surface area contributed by atoms with Gasteiger partial charge in [-0.05, 0) is 47.3 Å². The fraction of sp³-hybridized carbons (Fsp3) is 0.900. The van der Waals surface area contributed by atoms with Gasteiger partial charge in [-0.15, -0.1) is 0 Å². The summed E-state index contributed by atoms with van der Waals surface area (Å²) in [5.74, 6) is 0.560. The van der Waals surface area contributed by atoms with E-state index in [4.69, 9.17) is 5.73 Å². The highest BCUT2D eigenvalue weighted by atomic mass is 15.1. The number of hydrogen-bond donors (Lipinski definition) is 2. The zero-order valence-electron chi connectivity index (χ0n) is 9.88. The van der Waals surface area contributed by atoms with Gasteiger partial charge >= 0.3 is 0 Å². The van der Waals surface area contributed by atoms with E-state index in [0.29, 0.717) is 12.0 Å². The summed E-state index contributed by atoms with van der Waals surface area (Å²) in [6.45, 7) is 6.04. The zero-order chi connectivity index (χ0) is 11.0. The number of nitrogens with one attached hydrogen (secondary N) is 1. The number of rotatable bonds is 6. The van der Waals surface area contributed by atoms with Gasteiger partial charge in [-0.25, -0.2) is 0 Å². The Kier molecular flexibility index (Phi) is 7.20. The molecule has 0 bridgehead atoms. The molecule has 0 unspecified atom stereocenters. The van der Waals surface area contributed by atoms with Crippen LogP contribution in [0.15, 0.2) is 4.99 Å². The Morgan fingerprint density at radius 3 is 2.50 bits per heavy atom. The minimum absolute atomic E-state index is 0.362. The average molecular weight is 200 g/mol. The van der Waals surface area contributed by atoms with Crippen LogP contribution in [0.2, 0.25) is 0 Å². The summed E-state index contributed by atoms with van der Waals surface area (Å²) in [6.07, 6.45) is 2.27. The number of unbranched alkanes of at least 4 members (excludes halogenated alkanes) is 1. The molecule has 84 valence electrons. The number of nitrogens with zero attached hydrogens (tertiary/aromatic N) is 2. The second-order valence-corrected chi connectivity index (χ2v) is 4.08. The molecular formula is C10H24N4. The van der Waals surface area contributed by atoms with Crippen molar-refractivity contribution in [1.82, 2.24) is 10.2 Å². The molecule has 0 aliphatic heterocycles. The lowest BCUT2D eigenvalue weighted by atomic mass is 10.3. The standard InChI is InChI=1S/C10H24N4/c1-9(2)13-10(11)12-7-5-6-8-14(3)4/h9H,5-8H2,1-4H3,(H3,11,12,13). The van der Waals surface area contributed by atoms with Crippen LogP contribution >= 0.6 is 0 Å². The minimum Gasteiger partial charge on any atom is -0.370 e. The molecule has 0 saturated carbocycles. The Bertz CT molecular complexity index is 164. The normalized spacial score (nSPS) is 12.6. The summed E-state index contributed by atoms with van der Waals surface area (Å²) >= 11 is 0. The second-order valence-electron chi connectivity index (χ2n) is 4.08. The van der Waals surface area contributed by atoms with E-state index in [1.807, 2.05) is 0 Å². The molecule has 0 radical (unpaired) electrons. The third-order valence-electron chi connectivity index (χ3n) is 1.73. The first-order valence-corrected chi connectivity index (χ1v) is 5.23. The number of nitrogens with two attached hydrogens (primary N) is 1. The Morgan fingerprint density at radius 2 is 2.00 bits per heavy atom. The third kappa shape index (κ3) is 9.32. The Hall–Kier alpha value is -0.770. The first-order valence-electron chi connectivity index (χ1n) is 5.23. The van der Waals surface area contributed by atoms with Crippen LogP contribution in [0.1, 0.15) is 26.7 Å². The fourth-order valence-electron chi connectivity index (χ4n) is 1.08. The molecule has 0 saturated heterocycles. The van der Waals surface area contributed by atoms with E-state index in [9.17, 15) is 0 Å². The van der Waals surface area contributed by atoms with E-state index in [0.717, 1.165) is 19.5 Å². The smallest absolute Gasteiger partial charge is 0.188 e. The van der Waals surface area contributed by atoms with Crippen LogP contribution in [-0.2, 0) is 0 Å². The van der Waals surface area contributed by atoms with Crippen molar-refractivity contribution in [1.29, 1.82) is 0 Å². The molecule has 0 aliphatic rings. The molecule has 0 atom stereocenters. The Balaban J connectivity index is 3.41. The number of aliphatic imine (C=N–C) groups is 1. The van der Waals surface area contributed by atoms with Crippen molar-refractivity contribution in [2.75, 3.05) is 27.2 Å². The zero-order valence-corrected chi connectivity index (χ0v) is 9.88. The topological polar surface area (TPSA) is 53.6 Å². The van der Waals surface area contributed by atoms with Crippen LogP contribution in [0.5, 0.6) is 0 Å². The third-order valence-corrected chi connectivity index (χ3v) is 1.73. The van der Waals surface area contributed by atoms with E-state index in [2.05, 4.69) is 43.2 Å². The molecule has 0 aromatic heterocycles. The first-order chi connectivity index (χ1) is 6.52. The summed E-state index contributed by atoms with van der Waals surface area (Å²) in [5, 5.41) is 3.06. The Morgan fingerprint density at radius 1 is 1.36 bits per heavy atom. The number of guanidine groups is 1. The van der Waals surface area contributed by atoms with Crippen molar-refractivity contribution < 1.29 is 0 Å². The lowest BCUT2D eigenvalue weighted by molar-refractivity contribution is 0.396. The summed E-state index contributed by atoms with van der Waals surface area (Å²) in [6, 6.07) is 0.362. The van der Waals surface area contributed by atoms with Crippen LogP contribution in [0.25, 0.3) is 0 Å². The van der Waals surface area contributed by atoms with E-state index in [1.54, 1.807) is 0 Å². The van der Waals surface area contributed by atoms with Crippen LogP contribution in [0.3, 0.4) is 0 Å². The molecule has 0 rings (SSSR count). The van der Waals surface area contributed by atoms with Crippen LogP contribution < -0.4 is 11.1 Å². The summed E-state index contributed by atoms with van der Waals surface area (Å²) in [5.41, 5.74) is 5.65. The molecule has 4 heteroatoms. The molecule has 0 fully saturated rings. The van der Waals surface area contributed by atoms with E-state index >= 15 is 0 Å². The van der Waals surface area contributed by atoms with Crippen LogP contribution in [-0.4, -0.2) is 44.1 Å². The molecular weight excluding hydrogens is 176 g/mol. The van der Waals surface area contributed by atoms with Crippen molar-refractivity contribution in [3.8, 4) is 0 Å². The highest BCUT2D eigenvalue weighted by Gasteiger charge is 1.94. The monoisotopic (exact) mass is 200 g/mol. The minimum atomic E-state index is 0.362. The van der Waals surface area contributed by atoms with Gasteiger partial charge in [0, 0.05) is 12.6 Å². The maximum atomic E-state index is 5.65. The highest BCUT2D eigenvalue weighted by Crippen LogP contribution is 1.91. The number of hydrogen-bond acceptors (Lipinski definition) is 2. The van der Waals surface area contributed by atoms with Gasteiger partial charge in [0.2, 0.25) is 0 Å². The lowest BCUT2D eigenvalue weighted by Gasteiger charge is -2.09. The van der Waals surface area contributed by atoms with Crippen molar-refractivity contribution in [2.24, 2.45) is 10.7 Å². The summed E-state index contributed by atoms with van der Waals surface area (Å²) in [4.78, 5) is 6.41. The SMILES string of the molecule is CC(C)NC(N)=NCCCCN(C)C. The second kappa shape index (κ2) is 7.62. The first kappa shape index (κ1) is 13.2. The largest absolute Gasteiger partial charge is 0.370 e. The Labute approximate surface area is 87.6 Å². The summed E-state index contributed by atoms with van der Waals surface area (Å²) < 4.78 is 0. The molecule has 4 nitrogen and oxygen atoms in total. The maximum absolute atomic E-state index is 5.65. The van der Waals surface area contributed by atoms with E-state index in [1.165, 1.54) is 6.42 Å². The van der Waals surface area contributed by atoms with Crippen molar-refractivity contribution in [3.05, 3.63) is 0 Å². The van der Waals surface area contributed by atoms with Gasteiger partial charge in [-0.3, -0.25) is 4.99 Å². The maximum Gasteiger partial charge on any atom is 0.188 e. The van der Waals surface area contributed by atoms with Gasteiger partial charge in [0.15, 0.2) is 5.96 Å². The molecule has 0 amide bonds. The van der Waals surface area contributed by atoms with Gasteiger partial charge in [0.05, 0.1) is 0 Å². The van der Waals surface area contributed by atoms with Crippen molar-refractivity contribution in [3.63, 3.8) is 0 Å². The molecule has 0 aliphatic carbocycles. The van der Waals surface area contributed by atoms with E-state index < -0.39 is 0 Å². The van der Waals surface area contributed by atoms with Gasteiger partial charge in [-0.1, -0.05) is 0 Å². The van der Waals surface area contributed by atoms with Crippen molar-refractivity contribution >= 4 is 5.96 Å². The van der Waals surface area contributed by atoms with Gasteiger partial charge in [0.1, 0.15) is 0 Å². The molecule has 0 aromatic carbocycles. The molecule has 3 N–H and O–H groups in total. The lowest BCUT2D eigenvalue weighted by Crippen LogP contribution is -2.36. The van der Waals surface area contributed by atoms with Crippen molar-refractivity contribution in [2.45, 2.75) is 32.7 Å². The van der Waals surface area contributed by atoms with Gasteiger partial charge in [-0.2, -0.15) is 0 Å². The van der Waals surface area contributed by atoms with Crippen LogP contribution in [0, 0.1) is 0 Å².